The van der Waals surface area contributed by atoms with Gasteiger partial charge in [-0.15, -0.1) is 0 Å². The Morgan fingerprint density at radius 3 is 2.52 bits per heavy atom. The maximum absolute atomic E-state index is 13.1. The minimum Gasteiger partial charge on any atom is -0.326 e. The Labute approximate surface area is 156 Å². The third-order valence-electron chi connectivity index (χ3n) is 6.02. The first-order valence-corrected chi connectivity index (χ1v) is 11.3. The van der Waals surface area contributed by atoms with Crippen LogP contribution in [-0.2, 0) is 20.6 Å². The van der Waals surface area contributed by atoms with E-state index in [2.05, 4.69) is 21.2 Å². The van der Waals surface area contributed by atoms with Gasteiger partial charge in [0.05, 0.1) is 11.2 Å². The van der Waals surface area contributed by atoms with Gasteiger partial charge in [0.2, 0.25) is 15.9 Å². The van der Waals surface area contributed by atoms with Gasteiger partial charge in [-0.05, 0) is 68.1 Å². The molecule has 7 heteroatoms. The number of rotatable bonds is 4. The van der Waals surface area contributed by atoms with Crippen molar-refractivity contribution in [1.29, 1.82) is 0 Å². The summed E-state index contributed by atoms with van der Waals surface area (Å²) in [6.45, 7) is 0. The third kappa shape index (κ3) is 3.51. The number of benzene rings is 1. The summed E-state index contributed by atoms with van der Waals surface area (Å²) in [6, 6.07) is 6.96. The molecule has 4 bridgehead atoms. The predicted molar refractivity (Wildman–Crippen MR) is 101 cm³/mol. The quantitative estimate of drug-likeness (QED) is 0.724. The summed E-state index contributed by atoms with van der Waals surface area (Å²) >= 11 is 3.93. The molecule has 1 aromatic rings. The van der Waals surface area contributed by atoms with Crippen molar-refractivity contribution < 1.29 is 13.2 Å². The lowest BCUT2D eigenvalue weighted by molar-refractivity contribution is -0.138. The molecule has 0 aliphatic heterocycles. The van der Waals surface area contributed by atoms with E-state index in [0.717, 1.165) is 19.3 Å². The zero-order chi connectivity index (χ0) is 17.9. The molecule has 1 aromatic carbocycles. The number of carbonyl (C=O) groups is 1. The van der Waals surface area contributed by atoms with Gasteiger partial charge in [-0.3, -0.25) is 4.79 Å². The Morgan fingerprint density at radius 2 is 1.92 bits per heavy atom. The Kier molecular flexibility index (Phi) is 4.05. The van der Waals surface area contributed by atoms with E-state index < -0.39 is 10.0 Å². The number of hydrogen-bond acceptors (Lipinski definition) is 3. The van der Waals surface area contributed by atoms with Gasteiger partial charge in [-0.25, -0.2) is 13.6 Å². The summed E-state index contributed by atoms with van der Waals surface area (Å²) in [6.07, 6.45) is 6.46. The molecule has 0 radical (unpaired) electrons. The highest BCUT2D eigenvalue weighted by atomic mass is 79.9. The summed E-state index contributed by atoms with van der Waals surface area (Å²) < 4.78 is 22.7. The number of alkyl halides is 1. The van der Waals surface area contributed by atoms with Crippen molar-refractivity contribution in [3.63, 3.8) is 0 Å². The molecule has 4 aliphatic carbocycles. The largest absolute Gasteiger partial charge is 0.326 e. The van der Waals surface area contributed by atoms with Crippen molar-refractivity contribution in [2.45, 2.75) is 48.6 Å². The second-order valence-electron chi connectivity index (χ2n) is 8.35. The normalized spacial score (nSPS) is 36.4. The fourth-order valence-electron chi connectivity index (χ4n) is 5.65. The van der Waals surface area contributed by atoms with Crippen LogP contribution < -0.4 is 10.5 Å². The third-order valence-corrected chi connectivity index (χ3v) is 7.69. The van der Waals surface area contributed by atoms with Gasteiger partial charge in [0.25, 0.3) is 0 Å². The molecule has 0 spiro atoms. The molecule has 0 aromatic heterocycles. The molecular weight excluding hydrogens is 404 g/mol. The van der Waals surface area contributed by atoms with E-state index in [9.17, 15) is 13.2 Å². The van der Waals surface area contributed by atoms with Gasteiger partial charge < -0.3 is 5.32 Å². The first-order chi connectivity index (χ1) is 11.6. The molecule has 2 unspecified atom stereocenters. The summed E-state index contributed by atoms with van der Waals surface area (Å²) in [4.78, 5) is 13.1. The smallest absolute Gasteiger partial charge is 0.230 e. The highest BCUT2D eigenvalue weighted by Crippen LogP contribution is 2.64. The van der Waals surface area contributed by atoms with Crippen LogP contribution >= 0.6 is 15.9 Å². The number of anilines is 1. The maximum atomic E-state index is 13.1. The number of sulfonamides is 1. The van der Waals surface area contributed by atoms with Crippen LogP contribution in [0.1, 0.15) is 44.1 Å². The van der Waals surface area contributed by atoms with E-state index in [1.165, 1.54) is 19.3 Å². The topological polar surface area (TPSA) is 89.3 Å². The summed E-state index contributed by atoms with van der Waals surface area (Å²) in [5.74, 6) is 1.13. The summed E-state index contributed by atoms with van der Waals surface area (Å²) in [5.41, 5.74) is 0.942. The van der Waals surface area contributed by atoms with Crippen LogP contribution in [0, 0.1) is 17.3 Å². The van der Waals surface area contributed by atoms with Crippen molar-refractivity contribution in [2.24, 2.45) is 22.4 Å². The van der Waals surface area contributed by atoms with E-state index in [4.69, 9.17) is 5.14 Å². The molecule has 4 fully saturated rings. The average molecular weight is 427 g/mol. The molecule has 136 valence electrons. The van der Waals surface area contributed by atoms with E-state index in [0.29, 0.717) is 23.1 Å². The van der Waals surface area contributed by atoms with Crippen molar-refractivity contribution >= 4 is 37.5 Å². The summed E-state index contributed by atoms with van der Waals surface area (Å²) in [7, 11) is -3.59. The molecule has 5 rings (SSSR count). The lowest BCUT2D eigenvalue weighted by Crippen LogP contribution is -2.57. The van der Waals surface area contributed by atoms with Gasteiger partial charge in [-0.2, -0.15) is 0 Å². The van der Waals surface area contributed by atoms with Gasteiger partial charge in [0, 0.05) is 10.0 Å². The molecule has 4 aliphatic rings. The van der Waals surface area contributed by atoms with E-state index in [-0.39, 0.29) is 21.4 Å². The van der Waals surface area contributed by atoms with E-state index in [1.54, 1.807) is 24.3 Å². The lowest BCUT2D eigenvalue weighted by atomic mass is 9.49. The molecule has 4 saturated carbocycles. The minimum atomic E-state index is -3.59. The highest BCUT2D eigenvalue weighted by Gasteiger charge is 2.59. The maximum Gasteiger partial charge on any atom is 0.230 e. The number of primary sulfonamides is 1. The van der Waals surface area contributed by atoms with Crippen molar-refractivity contribution in [3.8, 4) is 0 Å². The Hall–Kier alpha value is -0.920. The fraction of sp³-hybridized carbons (Fsp3) is 0.611. The first kappa shape index (κ1) is 17.5. The summed E-state index contributed by atoms with van der Waals surface area (Å²) in [5, 5.41) is 8.16. The van der Waals surface area contributed by atoms with Crippen molar-refractivity contribution in [3.05, 3.63) is 29.8 Å². The Bertz CT molecular complexity index is 809. The zero-order valence-electron chi connectivity index (χ0n) is 14.0. The molecule has 3 N–H and O–H groups in total. The van der Waals surface area contributed by atoms with Crippen LogP contribution in [0.15, 0.2) is 24.3 Å². The number of hydrogen-bond donors (Lipinski definition) is 2. The molecule has 1 amide bonds. The van der Waals surface area contributed by atoms with Gasteiger partial charge >= 0.3 is 0 Å². The Morgan fingerprint density at radius 1 is 1.24 bits per heavy atom. The van der Waals surface area contributed by atoms with Crippen LogP contribution in [0.3, 0.4) is 0 Å². The number of halogens is 1. The molecule has 5 nitrogen and oxygen atoms in total. The van der Waals surface area contributed by atoms with Gasteiger partial charge in [0.15, 0.2) is 0 Å². The fourth-order valence-corrected chi connectivity index (χ4v) is 7.75. The van der Waals surface area contributed by atoms with Crippen molar-refractivity contribution in [1.82, 2.24) is 0 Å². The van der Waals surface area contributed by atoms with E-state index in [1.807, 2.05) is 0 Å². The number of nitrogens with one attached hydrogen (secondary N) is 1. The van der Waals surface area contributed by atoms with Gasteiger partial charge in [0.1, 0.15) is 0 Å². The first-order valence-electron chi connectivity index (χ1n) is 8.75. The van der Waals surface area contributed by atoms with Crippen molar-refractivity contribution in [2.75, 3.05) is 5.32 Å². The second-order valence-corrected chi connectivity index (χ2v) is 11.7. The van der Waals surface area contributed by atoms with Crippen LogP contribution in [-0.4, -0.2) is 18.6 Å². The average Bonchev–Trinajstić information content (AvgIpc) is 2.43. The van der Waals surface area contributed by atoms with Gasteiger partial charge in [-0.1, -0.05) is 28.1 Å². The second kappa shape index (κ2) is 5.79. The number of amides is 1. The standard InChI is InChI=1S/C18H23BrN2O3S/c19-18-8-13-4-14(9-18)7-17(6-13,11-18)16(22)21-15-3-1-2-12(5-15)10-25(20,23)24/h1-3,5,13-14H,4,6-11H2,(H,21,22)(H2,20,23,24). The van der Waals surface area contributed by atoms with Crippen LogP contribution in [0.4, 0.5) is 5.69 Å². The highest BCUT2D eigenvalue weighted by molar-refractivity contribution is 9.10. The molecule has 0 heterocycles. The molecular formula is C18H23BrN2O3S. The van der Waals surface area contributed by atoms with Crippen LogP contribution in [0.2, 0.25) is 0 Å². The number of nitrogens with two attached hydrogens (primary N) is 1. The van der Waals surface area contributed by atoms with E-state index >= 15 is 0 Å². The SMILES string of the molecule is NS(=O)(=O)Cc1cccc(NC(=O)C23CC4CC(CC(Br)(C4)C2)C3)c1. The van der Waals surface area contributed by atoms with Crippen LogP contribution in [0.5, 0.6) is 0 Å². The van der Waals surface area contributed by atoms with Crippen LogP contribution in [0.25, 0.3) is 0 Å². The molecule has 25 heavy (non-hydrogen) atoms. The Balaban J connectivity index is 1.54. The predicted octanol–water partition coefficient (Wildman–Crippen LogP) is 3.15. The lowest BCUT2D eigenvalue weighted by Gasteiger charge is -2.59. The molecule has 0 saturated heterocycles. The monoisotopic (exact) mass is 426 g/mol. The number of carbonyl (C=O) groups excluding carboxylic acids is 1. The molecule has 2 atom stereocenters. The zero-order valence-corrected chi connectivity index (χ0v) is 16.4. The minimum absolute atomic E-state index is 0.0816.